The summed E-state index contributed by atoms with van der Waals surface area (Å²) in [5.41, 5.74) is 0.746. The number of hydrogen-bond acceptors (Lipinski definition) is 6. The third-order valence-corrected chi connectivity index (χ3v) is 5.06. The van der Waals surface area contributed by atoms with Crippen LogP contribution in [0.5, 0.6) is 0 Å². The lowest BCUT2D eigenvalue weighted by molar-refractivity contribution is -0.141. The van der Waals surface area contributed by atoms with E-state index >= 15 is 0 Å². The van der Waals surface area contributed by atoms with E-state index in [2.05, 4.69) is 5.32 Å². The van der Waals surface area contributed by atoms with Crippen LogP contribution in [0.3, 0.4) is 0 Å². The Bertz CT molecular complexity index is 813. The number of nitrogens with one attached hydrogen (secondary N) is 1. The number of aliphatic carboxylic acids is 1. The molecule has 9 heteroatoms. The van der Waals surface area contributed by atoms with Gasteiger partial charge in [0.2, 0.25) is 0 Å². The molecule has 2 aromatic heterocycles. The Morgan fingerprint density at radius 3 is 2.92 bits per heavy atom. The van der Waals surface area contributed by atoms with Gasteiger partial charge in [0.05, 0.1) is 35.3 Å². The Kier molecular flexibility index (Phi) is 5.38. The zero-order chi connectivity index (χ0) is 18.7. The van der Waals surface area contributed by atoms with Crippen molar-refractivity contribution in [2.24, 2.45) is 0 Å². The van der Waals surface area contributed by atoms with Crippen LogP contribution in [0.4, 0.5) is 5.00 Å². The summed E-state index contributed by atoms with van der Waals surface area (Å²) in [7, 11) is 0. The van der Waals surface area contributed by atoms with Gasteiger partial charge in [0.25, 0.3) is 11.8 Å². The van der Waals surface area contributed by atoms with Crippen LogP contribution >= 0.6 is 11.3 Å². The molecule has 1 atom stereocenters. The molecule has 1 fully saturated rings. The molecule has 8 nitrogen and oxygen atoms in total. The molecule has 0 saturated carbocycles. The average Bonchev–Trinajstić information content (AvgIpc) is 3.24. The van der Waals surface area contributed by atoms with Crippen molar-refractivity contribution in [1.29, 1.82) is 0 Å². The number of aryl methyl sites for hydroxylation is 1. The lowest BCUT2D eigenvalue weighted by atomic mass is 10.2. The van der Waals surface area contributed by atoms with Crippen molar-refractivity contribution >= 4 is 34.1 Å². The number of hydrogen-bond donors (Lipinski definition) is 2. The van der Waals surface area contributed by atoms with E-state index in [0.717, 1.165) is 5.56 Å². The molecule has 0 spiro atoms. The van der Waals surface area contributed by atoms with E-state index in [1.165, 1.54) is 17.6 Å². The standard InChI is InChI=1S/C17H18N2O6S/c1-10-7-13(18-16(22)12-3-2-5-25-12)26-15(10)17(23)19-4-6-24-11(9-19)8-14(20)21/h2-3,5,7,11H,4,6,8-9H2,1H3,(H,18,22)(H,20,21). The molecule has 3 heterocycles. The number of carbonyl (C=O) groups is 3. The van der Waals surface area contributed by atoms with Gasteiger partial charge in [-0.1, -0.05) is 0 Å². The molecule has 1 saturated heterocycles. The highest BCUT2D eigenvalue weighted by Crippen LogP contribution is 2.29. The maximum absolute atomic E-state index is 12.8. The van der Waals surface area contributed by atoms with Gasteiger partial charge in [0.1, 0.15) is 0 Å². The summed E-state index contributed by atoms with van der Waals surface area (Å²) >= 11 is 1.18. The van der Waals surface area contributed by atoms with Gasteiger partial charge < -0.3 is 24.5 Å². The van der Waals surface area contributed by atoms with Crippen molar-refractivity contribution in [3.63, 3.8) is 0 Å². The van der Waals surface area contributed by atoms with Crippen molar-refractivity contribution in [3.05, 3.63) is 40.7 Å². The Hall–Kier alpha value is -2.65. The third-order valence-electron chi connectivity index (χ3n) is 3.92. The van der Waals surface area contributed by atoms with Gasteiger partial charge in [-0.15, -0.1) is 11.3 Å². The molecule has 138 valence electrons. The lowest BCUT2D eigenvalue weighted by Crippen LogP contribution is -2.46. The van der Waals surface area contributed by atoms with E-state index in [4.69, 9.17) is 14.3 Å². The fourth-order valence-electron chi connectivity index (χ4n) is 2.70. The van der Waals surface area contributed by atoms with Crippen LogP contribution in [0, 0.1) is 6.92 Å². The second-order valence-electron chi connectivity index (χ2n) is 5.90. The van der Waals surface area contributed by atoms with Crippen molar-refractivity contribution in [2.75, 3.05) is 25.0 Å². The first-order valence-electron chi connectivity index (χ1n) is 8.02. The summed E-state index contributed by atoms with van der Waals surface area (Å²) in [6.07, 6.45) is 0.760. The number of thiophene rings is 1. The molecule has 0 aliphatic carbocycles. The van der Waals surface area contributed by atoms with E-state index < -0.39 is 12.1 Å². The summed E-state index contributed by atoms with van der Waals surface area (Å²) in [6.45, 7) is 2.73. The quantitative estimate of drug-likeness (QED) is 0.826. The first-order chi connectivity index (χ1) is 12.4. The fourth-order valence-corrected chi connectivity index (χ4v) is 3.74. The molecular weight excluding hydrogens is 360 g/mol. The molecule has 2 aromatic rings. The van der Waals surface area contributed by atoms with Crippen LogP contribution in [0.2, 0.25) is 0 Å². The molecule has 0 radical (unpaired) electrons. The van der Waals surface area contributed by atoms with E-state index in [0.29, 0.717) is 23.0 Å². The van der Waals surface area contributed by atoms with E-state index in [9.17, 15) is 14.4 Å². The number of carboxylic acid groups (broad SMARTS) is 1. The van der Waals surface area contributed by atoms with E-state index in [-0.39, 0.29) is 30.5 Å². The van der Waals surface area contributed by atoms with Crippen molar-refractivity contribution < 1.29 is 28.6 Å². The number of rotatable bonds is 5. The number of anilines is 1. The molecule has 0 aromatic carbocycles. The monoisotopic (exact) mass is 378 g/mol. The highest BCUT2D eigenvalue weighted by Gasteiger charge is 2.28. The Morgan fingerprint density at radius 1 is 1.42 bits per heavy atom. The summed E-state index contributed by atoms with van der Waals surface area (Å²) in [4.78, 5) is 37.8. The van der Waals surface area contributed by atoms with Crippen LogP contribution in [-0.4, -0.2) is 53.6 Å². The molecule has 1 aliphatic rings. The molecule has 3 rings (SSSR count). The molecule has 26 heavy (non-hydrogen) atoms. The van der Waals surface area contributed by atoms with Gasteiger partial charge in [-0.05, 0) is 30.7 Å². The van der Waals surface area contributed by atoms with Crippen molar-refractivity contribution in [3.8, 4) is 0 Å². The SMILES string of the molecule is Cc1cc(NC(=O)c2ccco2)sc1C(=O)N1CCOC(CC(=O)O)C1. The van der Waals surface area contributed by atoms with Gasteiger partial charge in [0.15, 0.2) is 5.76 Å². The Labute approximate surface area is 153 Å². The van der Waals surface area contributed by atoms with Gasteiger partial charge in [0, 0.05) is 13.1 Å². The highest BCUT2D eigenvalue weighted by atomic mass is 32.1. The second-order valence-corrected chi connectivity index (χ2v) is 6.95. The molecule has 1 aliphatic heterocycles. The Balaban J connectivity index is 1.69. The number of morpholine rings is 1. The zero-order valence-electron chi connectivity index (χ0n) is 14.1. The summed E-state index contributed by atoms with van der Waals surface area (Å²) in [6, 6.07) is 4.90. The first kappa shape index (κ1) is 18.2. The second kappa shape index (κ2) is 7.71. The molecular formula is C17H18N2O6S. The number of amides is 2. The summed E-state index contributed by atoms with van der Waals surface area (Å²) in [5, 5.41) is 12.1. The predicted octanol–water partition coefficient (Wildman–Crippen LogP) is 2.22. The zero-order valence-corrected chi connectivity index (χ0v) is 14.9. The first-order valence-corrected chi connectivity index (χ1v) is 8.83. The number of carbonyl (C=O) groups excluding carboxylic acids is 2. The van der Waals surface area contributed by atoms with Crippen LogP contribution < -0.4 is 5.32 Å². The van der Waals surface area contributed by atoms with Gasteiger partial charge in [-0.2, -0.15) is 0 Å². The molecule has 0 bridgehead atoms. The highest BCUT2D eigenvalue weighted by molar-refractivity contribution is 7.18. The lowest BCUT2D eigenvalue weighted by Gasteiger charge is -2.32. The van der Waals surface area contributed by atoms with Gasteiger partial charge >= 0.3 is 5.97 Å². The predicted molar refractivity (Wildman–Crippen MR) is 93.6 cm³/mol. The molecule has 1 unspecified atom stereocenters. The van der Waals surface area contributed by atoms with E-state index in [1.54, 1.807) is 30.0 Å². The summed E-state index contributed by atoms with van der Waals surface area (Å²) < 4.78 is 10.4. The van der Waals surface area contributed by atoms with E-state index in [1.807, 2.05) is 0 Å². The van der Waals surface area contributed by atoms with Crippen molar-refractivity contribution in [1.82, 2.24) is 4.90 Å². The molecule has 2 amide bonds. The van der Waals surface area contributed by atoms with Crippen molar-refractivity contribution in [2.45, 2.75) is 19.4 Å². The van der Waals surface area contributed by atoms with Gasteiger partial charge in [-0.25, -0.2) is 0 Å². The topological polar surface area (TPSA) is 109 Å². The third kappa shape index (κ3) is 4.12. The minimum atomic E-state index is -0.959. The fraction of sp³-hybridized carbons (Fsp3) is 0.353. The largest absolute Gasteiger partial charge is 0.481 e. The van der Waals surface area contributed by atoms with Crippen LogP contribution in [0.25, 0.3) is 0 Å². The minimum absolute atomic E-state index is 0.141. The molecule has 2 N–H and O–H groups in total. The van der Waals surface area contributed by atoms with Gasteiger partial charge in [-0.3, -0.25) is 14.4 Å². The maximum atomic E-state index is 12.8. The average molecular weight is 378 g/mol. The Morgan fingerprint density at radius 2 is 2.23 bits per heavy atom. The normalized spacial score (nSPS) is 17.1. The number of nitrogens with zero attached hydrogens (tertiary/aromatic N) is 1. The smallest absolute Gasteiger partial charge is 0.306 e. The number of furan rings is 1. The van der Waals surface area contributed by atoms with Crippen LogP contribution in [0.15, 0.2) is 28.9 Å². The minimum Gasteiger partial charge on any atom is -0.481 e. The number of ether oxygens (including phenoxy) is 1. The number of carboxylic acids is 1. The van der Waals surface area contributed by atoms with Crippen LogP contribution in [0.1, 0.15) is 32.2 Å². The van der Waals surface area contributed by atoms with Crippen LogP contribution in [-0.2, 0) is 9.53 Å². The maximum Gasteiger partial charge on any atom is 0.306 e. The summed E-state index contributed by atoms with van der Waals surface area (Å²) in [5.74, 6) is -1.35.